The van der Waals surface area contributed by atoms with E-state index >= 15 is 0 Å². The summed E-state index contributed by atoms with van der Waals surface area (Å²) in [6, 6.07) is 20.2. The van der Waals surface area contributed by atoms with Gasteiger partial charge in [-0.05, 0) is 49.1 Å². The first-order chi connectivity index (χ1) is 17.0. The summed E-state index contributed by atoms with van der Waals surface area (Å²) in [6.45, 7) is 2.83. The van der Waals surface area contributed by atoms with Gasteiger partial charge in [0.25, 0.3) is 10.0 Å². The number of nitrogens with one attached hydrogen (secondary N) is 2. The van der Waals surface area contributed by atoms with Crippen molar-refractivity contribution in [2.24, 2.45) is 5.92 Å². The van der Waals surface area contributed by atoms with Gasteiger partial charge in [-0.25, -0.2) is 13.4 Å². The monoisotopic (exact) mass is 493 g/mol. The van der Waals surface area contributed by atoms with Crippen LogP contribution in [0.3, 0.4) is 0 Å². The SMILES string of the molecule is C[C@@H](CC1CCCCCC1)NCc1ccccc1NS(=O)(=O)c1ccc(Oc2ccccc2)nc1. The van der Waals surface area contributed by atoms with E-state index in [9.17, 15) is 8.42 Å². The lowest BCUT2D eigenvalue weighted by molar-refractivity contribution is 0.363. The Labute approximate surface area is 209 Å². The van der Waals surface area contributed by atoms with Crippen LogP contribution >= 0.6 is 0 Å². The van der Waals surface area contributed by atoms with E-state index in [0.717, 1.165) is 17.9 Å². The first-order valence-corrected chi connectivity index (χ1v) is 14.0. The molecule has 0 radical (unpaired) electrons. The number of ether oxygens (including phenoxy) is 1. The van der Waals surface area contributed by atoms with Gasteiger partial charge in [-0.15, -0.1) is 0 Å². The third-order valence-corrected chi connectivity index (χ3v) is 7.90. The highest BCUT2D eigenvalue weighted by molar-refractivity contribution is 7.92. The molecule has 1 atom stereocenters. The molecule has 6 nitrogen and oxygen atoms in total. The molecule has 3 aromatic rings. The molecule has 186 valence electrons. The minimum Gasteiger partial charge on any atom is -0.439 e. The van der Waals surface area contributed by atoms with Crippen LogP contribution in [0.25, 0.3) is 0 Å². The third-order valence-electron chi connectivity index (χ3n) is 6.55. The van der Waals surface area contributed by atoms with E-state index in [0.29, 0.717) is 29.9 Å². The summed E-state index contributed by atoms with van der Waals surface area (Å²) >= 11 is 0. The molecule has 0 saturated heterocycles. The van der Waals surface area contributed by atoms with Gasteiger partial charge < -0.3 is 10.1 Å². The molecular weight excluding hydrogens is 458 g/mol. The van der Waals surface area contributed by atoms with Crippen molar-refractivity contribution in [2.75, 3.05) is 4.72 Å². The maximum absolute atomic E-state index is 13.0. The van der Waals surface area contributed by atoms with Crippen LogP contribution in [0.4, 0.5) is 5.69 Å². The quantitative estimate of drug-likeness (QED) is 0.315. The van der Waals surface area contributed by atoms with Gasteiger partial charge in [0.2, 0.25) is 5.88 Å². The summed E-state index contributed by atoms with van der Waals surface area (Å²) in [4.78, 5) is 4.26. The third kappa shape index (κ3) is 7.54. The fraction of sp³-hybridized carbons (Fsp3) is 0.393. The Hall–Kier alpha value is -2.90. The summed E-state index contributed by atoms with van der Waals surface area (Å²) in [7, 11) is -3.79. The zero-order valence-corrected chi connectivity index (χ0v) is 21.1. The first-order valence-electron chi connectivity index (χ1n) is 12.5. The van der Waals surface area contributed by atoms with Crippen molar-refractivity contribution in [3.05, 3.63) is 78.5 Å². The number of rotatable bonds is 10. The Balaban J connectivity index is 1.37. The molecular formula is C28H35N3O3S. The minimum atomic E-state index is -3.79. The van der Waals surface area contributed by atoms with E-state index < -0.39 is 10.0 Å². The summed E-state index contributed by atoms with van der Waals surface area (Å²) in [5.74, 6) is 1.76. The number of benzene rings is 2. The molecule has 2 aromatic carbocycles. The van der Waals surface area contributed by atoms with Crippen molar-refractivity contribution in [2.45, 2.75) is 69.4 Å². The average Bonchev–Trinajstić information content (AvgIpc) is 3.13. The van der Waals surface area contributed by atoms with Gasteiger partial charge in [-0.1, -0.05) is 74.9 Å². The number of para-hydroxylation sites is 2. The molecule has 35 heavy (non-hydrogen) atoms. The molecule has 4 rings (SSSR count). The van der Waals surface area contributed by atoms with Gasteiger partial charge in [-0.2, -0.15) is 0 Å². The van der Waals surface area contributed by atoms with E-state index in [1.165, 1.54) is 50.8 Å². The molecule has 1 fully saturated rings. The second-order valence-corrected chi connectivity index (χ2v) is 11.1. The Morgan fingerprint density at radius 2 is 1.66 bits per heavy atom. The van der Waals surface area contributed by atoms with Crippen LogP contribution in [-0.2, 0) is 16.6 Å². The van der Waals surface area contributed by atoms with Crippen LogP contribution in [0, 0.1) is 5.92 Å². The average molecular weight is 494 g/mol. The molecule has 0 bridgehead atoms. The highest BCUT2D eigenvalue weighted by Gasteiger charge is 2.18. The maximum Gasteiger partial charge on any atom is 0.263 e. The molecule has 1 aliphatic rings. The number of hydrogen-bond acceptors (Lipinski definition) is 5. The van der Waals surface area contributed by atoms with Crippen molar-refractivity contribution < 1.29 is 13.2 Å². The molecule has 0 unspecified atom stereocenters. The zero-order valence-electron chi connectivity index (χ0n) is 20.3. The highest BCUT2D eigenvalue weighted by atomic mass is 32.2. The zero-order chi connectivity index (χ0) is 24.5. The first kappa shape index (κ1) is 25.2. The molecule has 0 amide bonds. The van der Waals surface area contributed by atoms with Crippen molar-refractivity contribution >= 4 is 15.7 Å². The molecule has 0 spiro atoms. The van der Waals surface area contributed by atoms with Crippen LogP contribution in [-0.4, -0.2) is 19.4 Å². The fourth-order valence-electron chi connectivity index (χ4n) is 4.64. The number of anilines is 1. The van der Waals surface area contributed by atoms with Crippen molar-refractivity contribution in [3.8, 4) is 11.6 Å². The molecule has 2 N–H and O–H groups in total. The van der Waals surface area contributed by atoms with E-state index in [4.69, 9.17) is 4.74 Å². The van der Waals surface area contributed by atoms with Gasteiger partial charge >= 0.3 is 0 Å². The summed E-state index contributed by atoms with van der Waals surface area (Å²) in [5, 5.41) is 3.60. The maximum atomic E-state index is 13.0. The van der Waals surface area contributed by atoms with Crippen LogP contribution in [0.1, 0.15) is 57.4 Å². The Morgan fingerprint density at radius 1 is 0.943 bits per heavy atom. The molecule has 1 saturated carbocycles. The highest BCUT2D eigenvalue weighted by Crippen LogP contribution is 2.27. The Kier molecular flexibility index (Phi) is 8.77. The standard InChI is InChI=1S/C28H35N3O3S/c1-22(19-23-11-5-2-3-6-12-23)29-20-24-13-9-10-16-27(24)31-35(32,33)26-17-18-28(30-21-26)34-25-14-7-4-8-15-25/h4,7-10,13-18,21-23,29,31H,2-3,5-6,11-12,19-20H2,1H3/t22-/m0/s1. The number of aromatic nitrogens is 1. The van der Waals surface area contributed by atoms with Gasteiger partial charge in [0.1, 0.15) is 10.6 Å². The lowest BCUT2D eigenvalue weighted by atomic mass is 9.93. The van der Waals surface area contributed by atoms with E-state index in [1.54, 1.807) is 12.1 Å². The molecule has 1 aromatic heterocycles. The number of nitrogens with zero attached hydrogens (tertiary/aromatic N) is 1. The van der Waals surface area contributed by atoms with E-state index in [2.05, 4.69) is 21.9 Å². The van der Waals surface area contributed by atoms with Crippen molar-refractivity contribution in [3.63, 3.8) is 0 Å². The summed E-state index contributed by atoms with van der Waals surface area (Å²) in [6.07, 6.45) is 10.5. The molecule has 1 heterocycles. The van der Waals surface area contributed by atoms with Crippen LogP contribution in [0.15, 0.2) is 77.8 Å². The molecule has 1 aliphatic carbocycles. The smallest absolute Gasteiger partial charge is 0.263 e. The van der Waals surface area contributed by atoms with Crippen molar-refractivity contribution in [1.82, 2.24) is 10.3 Å². The second kappa shape index (κ2) is 12.2. The van der Waals surface area contributed by atoms with Crippen LogP contribution in [0.2, 0.25) is 0 Å². The topological polar surface area (TPSA) is 80.3 Å². The van der Waals surface area contributed by atoms with Crippen molar-refractivity contribution in [1.29, 1.82) is 0 Å². The summed E-state index contributed by atoms with van der Waals surface area (Å²) in [5.41, 5.74) is 1.49. The van der Waals surface area contributed by atoms with Crippen LogP contribution < -0.4 is 14.8 Å². The van der Waals surface area contributed by atoms with E-state index in [1.807, 2.05) is 48.5 Å². The number of sulfonamides is 1. The Morgan fingerprint density at radius 3 is 2.37 bits per heavy atom. The Bertz CT molecular complexity index is 1160. The summed E-state index contributed by atoms with van der Waals surface area (Å²) < 4.78 is 34.5. The van der Waals surface area contributed by atoms with Gasteiger partial charge in [0, 0.05) is 18.7 Å². The van der Waals surface area contributed by atoms with Gasteiger partial charge in [-0.3, -0.25) is 4.72 Å². The van der Waals surface area contributed by atoms with E-state index in [-0.39, 0.29) is 4.90 Å². The van der Waals surface area contributed by atoms with Gasteiger partial charge in [0.15, 0.2) is 0 Å². The lowest BCUT2D eigenvalue weighted by Crippen LogP contribution is -2.28. The lowest BCUT2D eigenvalue weighted by Gasteiger charge is -2.21. The number of pyridine rings is 1. The fourth-order valence-corrected chi connectivity index (χ4v) is 5.69. The minimum absolute atomic E-state index is 0.0856. The molecule has 7 heteroatoms. The predicted molar refractivity (Wildman–Crippen MR) is 140 cm³/mol. The number of hydrogen-bond donors (Lipinski definition) is 2. The predicted octanol–water partition coefficient (Wildman–Crippen LogP) is 6.51. The largest absolute Gasteiger partial charge is 0.439 e. The van der Waals surface area contributed by atoms with Gasteiger partial charge in [0.05, 0.1) is 11.9 Å². The molecule has 0 aliphatic heterocycles. The van der Waals surface area contributed by atoms with Crippen LogP contribution in [0.5, 0.6) is 11.6 Å². The normalized spacial score (nSPS) is 15.8. The second-order valence-electron chi connectivity index (χ2n) is 9.39.